The molecule has 1 aromatic rings. The van der Waals surface area contributed by atoms with Gasteiger partial charge in [0.2, 0.25) is 5.91 Å². The van der Waals surface area contributed by atoms with Gasteiger partial charge in [0.15, 0.2) is 6.61 Å². The molecule has 1 fully saturated rings. The normalized spacial score (nSPS) is 16.3. The fourth-order valence-corrected chi connectivity index (χ4v) is 2.63. The molecule has 8 nitrogen and oxygen atoms in total. The van der Waals surface area contributed by atoms with Crippen LogP contribution in [0.1, 0.15) is 18.9 Å². The first-order chi connectivity index (χ1) is 12.5. The van der Waals surface area contributed by atoms with E-state index in [1.165, 1.54) is 0 Å². The van der Waals surface area contributed by atoms with Crippen LogP contribution in [0.3, 0.4) is 0 Å². The quantitative estimate of drug-likeness (QED) is 0.723. The van der Waals surface area contributed by atoms with Crippen molar-refractivity contribution in [3.63, 3.8) is 0 Å². The number of benzene rings is 1. The highest BCUT2D eigenvalue weighted by molar-refractivity contribution is 5.94. The monoisotopic (exact) mass is 362 g/mol. The van der Waals surface area contributed by atoms with Gasteiger partial charge in [-0.3, -0.25) is 19.7 Å². The molecule has 8 heteroatoms. The number of amides is 3. The van der Waals surface area contributed by atoms with Gasteiger partial charge in [0.25, 0.3) is 5.91 Å². The van der Waals surface area contributed by atoms with E-state index in [0.29, 0.717) is 13.0 Å². The number of ether oxygens (including phenoxy) is 2. The van der Waals surface area contributed by atoms with Gasteiger partial charge in [0, 0.05) is 19.5 Å². The Labute approximate surface area is 151 Å². The van der Waals surface area contributed by atoms with Crippen LogP contribution in [0.5, 0.6) is 0 Å². The number of likely N-dealkylation sites (tertiary alicyclic amines) is 1. The van der Waals surface area contributed by atoms with Gasteiger partial charge in [-0.25, -0.2) is 4.79 Å². The molecule has 1 aliphatic heterocycles. The van der Waals surface area contributed by atoms with Crippen molar-refractivity contribution in [2.45, 2.75) is 19.8 Å². The molecule has 140 valence electrons. The Morgan fingerprint density at radius 2 is 1.92 bits per heavy atom. The summed E-state index contributed by atoms with van der Waals surface area (Å²) in [7, 11) is 0. The summed E-state index contributed by atoms with van der Waals surface area (Å²) in [5.41, 5.74) is 1.11. The van der Waals surface area contributed by atoms with E-state index in [0.717, 1.165) is 5.56 Å². The summed E-state index contributed by atoms with van der Waals surface area (Å²) in [5, 5.41) is 1.93. The smallest absolute Gasteiger partial charge is 0.413 e. The van der Waals surface area contributed by atoms with E-state index in [4.69, 9.17) is 4.74 Å². The topological polar surface area (TPSA) is 102 Å². The number of nitrogens with one attached hydrogen (secondary N) is 1. The number of hydrogen-bond acceptors (Lipinski definition) is 6. The minimum Gasteiger partial charge on any atom is -0.455 e. The van der Waals surface area contributed by atoms with Gasteiger partial charge < -0.3 is 14.4 Å². The van der Waals surface area contributed by atoms with E-state index in [2.05, 4.69) is 4.74 Å². The lowest BCUT2D eigenvalue weighted by molar-refractivity contribution is -0.152. The van der Waals surface area contributed by atoms with E-state index in [9.17, 15) is 19.2 Å². The first-order valence-electron chi connectivity index (χ1n) is 8.44. The zero-order valence-electron chi connectivity index (χ0n) is 14.6. The van der Waals surface area contributed by atoms with Crippen LogP contribution in [-0.2, 0) is 30.3 Å². The molecule has 26 heavy (non-hydrogen) atoms. The molecule has 1 atom stereocenters. The molecule has 1 heterocycles. The van der Waals surface area contributed by atoms with Gasteiger partial charge >= 0.3 is 12.1 Å². The van der Waals surface area contributed by atoms with Gasteiger partial charge in [-0.15, -0.1) is 0 Å². The number of imide groups is 1. The van der Waals surface area contributed by atoms with E-state index in [-0.39, 0.29) is 25.5 Å². The lowest BCUT2D eigenvalue weighted by Gasteiger charge is -2.16. The second-order valence-electron chi connectivity index (χ2n) is 5.85. The third-order valence-corrected chi connectivity index (χ3v) is 3.92. The van der Waals surface area contributed by atoms with Crippen molar-refractivity contribution in [2.75, 3.05) is 26.3 Å². The van der Waals surface area contributed by atoms with Gasteiger partial charge in [-0.2, -0.15) is 0 Å². The Hall–Kier alpha value is -2.90. The molecule has 1 N–H and O–H groups in total. The van der Waals surface area contributed by atoms with Crippen LogP contribution in [0.15, 0.2) is 30.3 Å². The third kappa shape index (κ3) is 5.87. The molecule has 0 spiro atoms. The fraction of sp³-hybridized carbons (Fsp3) is 0.444. The molecule has 0 aromatic heterocycles. The maximum absolute atomic E-state index is 12.0. The Kier molecular flexibility index (Phi) is 7.13. The molecule has 1 saturated heterocycles. The van der Waals surface area contributed by atoms with E-state index in [1.807, 2.05) is 35.6 Å². The summed E-state index contributed by atoms with van der Waals surface area (Å²) in [6.07, 6.45) is -0.125. The molecule has 0 unspecified atom stereocenters. The van der Waals surface area contributed by atoms with Crippen LogP contribution >= 0.6 is 0 Å². The Morgan fingerprint density at radius 1 is 1.19 bits per heavy atom. The number of carbonyl (C=O) groups is 4. The number of carbonyl (C=O) groups excluding carboxylic acids is 4. The number of rotatable bonds is 7. The van der Waals surface area contributed by atoms with Crippen LogP contribution in [0.2, 0.25) is 0 Å². The van der Waals surface area contributed by atoms with Crippen molar-refractivity contribution in [3.8, 4) is 0 Å². The Morgan fingerprint density at radius 3 is 2.62 bits per heavy atom. The van der Waals surface area contributed by atoms with Gasteiger partial charge in [-0.05, 0) is 18.9 Å². The maximum atomic E-state index is 12.0. The van der Waals surface area contributed by atoms with Gasteiger partial charge in [-0.1, -0.05) is 30.3 Å². The summed E-state index contributed by atoms with van der Waals surface area (Å²) in [4.78, 5) is 48.2. The number of hydrogen-bond donors (Lipinski definition) is 1. The minimum atomic E-state index is -0.892. The molecule has 3 amide bonds. The summed E-state index contributed by atoms with van der Waals surface area (Å²) in [6, 6.07) is 9.75. The number of esters is 1. The van der Waals surface area contributed by atoms with Crippen LogP contribution in [0, 0.1) is 5.92 Å². The fourth-order valence-electron chi connectivity index (χ4n) is 2.63. The highest BCUT2D eigenvalue weighted by Crippen LogP contribution is 2.19. The third-order valence-electron chi connectivity index (χ3n) is 3.92. The summed E-state index contributed by atoms with van der Waals surface area (Å²) >= 11 is 0. The molecule has 1 aliphatic rings. The Bertz CT molecular complexity index is 661. The highest BCUT2D eigenvalue weighted by Gasteiger charge is 2.35. The van der Waals surface area contributed by atoms with E-state index >= 15 is 0 Å². The van der Waals surface area contributed by atoms with Crippen LogP contribution < -0.4 is 5.32 Å². The standard InChI is InChI=1S/C18H22N2O6/c1-2-25-18(24)19-15(21)12-26-17(23)14-10-16(22)20(11-14)9-8-13-6-4-3-5-7-13/h3-7,14H,2,8-12H2,1H3,(H,19,21,24)/t14-/m0/s1. The van der Waals surface area contributed by atoms with Crippen molar-refractivity contribution in [1.29, 1.82) is 0 Å². The zero-order valence-corrected chi connectivity index (χ0v) is 14.6. The van der Waals surface area contributed by atoms with Crippen LogP contribution in [0.25, 0.3) is 0 Å². The molecular formula is C18H22N2O6. The van der Waals surface area contributed by atoms with Gasteiger partial charge in [0.05, 0.1) is 12.5 Å². The molecule has 2 rings (SSSR count). The van der Waals surface area contributed by atoms with Crippen molar-refractivity contribution in [2.24, 2.45) is 5.92 Å². The zero-order chi connectivity index (χ0) is 18.9. The molecular weight excluding hydrogens is 340 g/mol. The van der Waals surface area contributed by atoms with E-state index < -0.39 is 30.5 Å². The SMILES string of the molecule is CCOC(=O)NC(=O)COC(=O)[C@H]1CC(=O)N(CCc2ccccc2)C1. The van der Waals surface area contributed by atoms with Crippen LogP contribution in [0.4, 0.5) is 4.79 Å². The first kappa shape index (κ1) is 19.4. The average molecular weight is 362 g/mol. The van der Waals surface area contributed by atoms with Crippen molar-refractivity contribution in [3.05, 3.63) is 35.9 Å². The van der Waals surface area contributed by atoms with Crippen molar-refractivity contribution in [1.82, 2.24) is 10.2 Å². The second kappa shape index (κ2) is 9.55. The predicted molar refractivity (Wildman–Crippen MR) is 91.0 cm³/mol. The van der Waals surface area contributed by atoms with E-state index in [1.54, 1.807) is 11.8 Å². The second-order valence-corrected chi connectivity index (χ2v) is 5.85. The molecule has 0 saturated carbocycles. The number of nitrogens with zero attached hydrogens (tertiary/aromatic N) is 1. The average Bonchev–Trinajstić information content (AvgIpc) is 3.00. The Balaban J connectivity index is 1.74. The largest absolute Gasteiger partial charge is 0.455 e. The maximum Gasteiger partial charge on any atom is 0.413 e. The van der Waals surface area contributed by atoms with Crippen molar-refractivity contribution >= 4 is 23.9 Å². The molecule has 0 aliphatic carbocycles. The predicted octanol–water partition coefficient (Wildman–Crippen LogP) is 0.894. The first-order valence-corrected chi connectivity index (χ1v) is 8.44. The molecule has 0 bridgehead atoms. The number of alkyl carbamates (subject to hydrolysis) is 1. The molecule has 0 radical (unpaired) electrons. The van der Waals surface area contributed by atoms with Gasteiger partial charge in [0.1, 0.15) is 0 Å². The highest BCUT2D eigenvalue weighted by atomic mass is 16.6. The lowest BCUT2D eigenvalue weighted by Crippen LogP contribution is -2.35. The van der Waals surface area contributed by atoms with Crippen LogP contribution in [-0.4, -0.2) is 55.1 Å². The summed E-state index contributed by atoms with van der Waals surface area (Å²) < 4.78 is 9.44. The van der Waals surface area contributed by atoms with Crippen molar-refractivity contribution < 1.29 is 28.7 Å². The summed E-state index contributed by atoms with van der Waals surface area (Å²) in [5.74, 6) is -2.12. The molecule has 1 aromatic carbocycles. The summed E-state index contributed by atoms with van der Waals surface area (Å²) in [6.45, 7) is 1.93. The minimum absolute atomic E-state index is 0.0626. The lowest BCUT2D eigenvalue weighted by atomic mass is 10.1.